The first-order valence-corrected chi connectivity index (χ1v) is 6.76. The van der Waals surface area contributed by atoms with Crippen LogP contribution in [0, 0.1) is 17.6 Å². The fourth-order valence-corrected chi connectivity index (χ4v) is 2.90. The van der Waals surface area contributed by atoms with E-state index in [0.29, 0.717) is 5.92 Å². The summed E-state index contributed by atoms with van der Waals surface area (Å²) >= 11 is 0. The van der Waals surface area contributed by atoms with Gasteiger partial charge in [-0.25, -0.2) is 8.78 Å². The summed E-state index contributed by atoms with van der Waals surface area (Å²) in [5, 5.41) is 3.40. The SMILES string of the molecule is CCCNCC1(c2cc(F)cc(F)c2)CCC1C. The predicted octanol–water partition coefficient (Wildman–Crippen LogP) is 3.63. The summed E-state index contributed by atoms with van der Waals surface area (Å²) in [6.07, 6.45) is 3.21. The van der Waals surface area contributed by atoms with E-state index in [1.807, 2.05) is 0 Å². The molecular weight excluding hydrogens is 232 g/mol. The molecule has 2 atom stereocenters. The van der Waals surface area contributed by atoms with Gasteiger partial charge in [-0.05, 0) is 49.4 Å². The number of nitrogens with one attached hydrogen (secondary N) is 1. The van der Waals surface area contributed by atoms with E-state index in [4.69, 9.17) is 0 Å². The van der Waals surface area contributed by atoms with Crippen molar-refractivity contribution in [3.8, 4) is 0 Å². The highest BCUT2D eigenvalue weighted by Crippen LogP contribution is 2.48. The van der Waals surface area contributed by atoms with E-state index >= 15 is 0 Å². The van der Waals surface area contributed by atoms with Crippen LogP contribution in [-0.4, -0.2) is 13.1 Å². The third-order valence-electron chi connectivity index (χ3n) is 4.27. The fourth-order valence-electron chi connectivity index (χ4n) is 2.90. The van der Waals surface area contributed by atoms with Crippen LogP contribution >= 0.6 is 0 Å². The van der Waals surface area contributed by atoms with Crippen molar-refractivity contribution in [2.75, 3.05) is 13.1 Å². The molecule has 2 unspecified atom stereocenters. The third kappa shape index (κ3) is 2.41. The molecule has 1 aliphatic rings. The Morgan fingerprint density at radius 2 is 1.94 bits per heavy atom. The van der Waals surface area contributed by atoms with Crippen molar-refractivity contribution in [3.63, 3.8) is 0 Å². The minimum atomic E-state index is -0.473. The van der Waals surface area contributed by atoms with Gasteiger partial charge in [0.05, 0.1) is 0 Å². The molecule has 18 heavy (non-hydrogen) atoms. The molecule has 3 heteroatoms. The normalized spacial score (nSPS) is 27.0. The number of halogens is 2. The van der Waals surface area contributed by atoms with Crippen LogP contribution in [-0.2, 0) is 5.41 Å². The maximum Gasteiger partial charge on any atom is 0.126 e. The van der Waals surface area contributed by atoms with Crippen LogP contribution in [0.4, 0.5) is 8.78 Å². The Hall–Kier alpha value is -0.960. The van der Waals surface area contributed by atoms with E-state index in [2.05, 4.69) is 19.2 Å². The van der Waals surface area contributed by atoms with Gasteiger partial charge in [-0.1, -0.05) is 13.8 Å². The highest BCUT2D eigenvalue weighted by Gasteiger charge is 2.45. The Morgan fingerprint density at radius 3 is 2.39 bits per heavy atom. The van der Waals surface area contributed by atoms with Crippen LogP contribution in [0.1, 0.15) is 38.7 Å². The molecule has 0 amide bonds. The number of hydrogen-bond acceptors (Lipinski definition) is 1. The maximum atomic E-state index is 13.4. The Morgan fingerprint density at radius 1 is 1.28 bits per heavy atom. The van der Waals surface area contributed by atoms with Crippen LogP contribution in [0.3, 0.4) is 0 Å². The van der Waals surface area contributed by atoms with E-state index in [1.54, 1.807) is 0 Å². The predicted molar refractivity (Wildman–Crippen MR) is 69.6 cm³/mol. The lowest BCUT2D eigenvalue weighted by Gasteiger charge is -2.49. The molecule has 1 nitrogen and oxygen atoms in total. The van der Waals surface area contributed by atoms with Crippen molar-refractivity contribution in [2.45, 2.75) is 38.5 Å². The second-order valence-electron chi connectivity index (χ2n) is 5.43. The Labute approximate surface area is 108 Å². The van der Waals surface area contributed by atoms with Crippen molar-refractivity contribution >= 4 is 0 Å². The quantitative estimate of drug-likeness (QED) is 0.790. The van der Waals surface area contributed by atoms with E-state index in [1.165, 1.54) is 12.1 Å². The summed E-state index contributed by atoms with van der Waals surface area (Å²) in [7, 11) is 0. The minimum absolute atomic E-state index is 0.0852. The lowest BCUT2D eigenvalue weighted by Crippen LogP contribution is -2.50. The Kier molecular flexibility index (Phi) is 4.00. The summed E-state index contributed by atoms with van der Waals surface area (Å²) in [5.74, 6) is -0.471. The Bertz CT molecular complexity index is 399. The molecule has 1 N–H and O–H groups in total. The van der Waals surface area contributed by atoms with E-state index in [-0.39, 0.29) is 5.41 Å². The first-order chi connectivity index (χ1) is 8.58. The summed E-state index contributed by atoms with van der Waals surface area (Å²) in [4.78, 5) is 0. The van der Waals surface area contributed by atoms with Gasteiger partial charge in [0.2, 0.25) is 0 Å². The third-order valence-corrected chi connectivity index (χ3v) is 4.27. The number of rotatable bonds is 5. The van der Waals surface area contributed by atoms with Crippen molar-refractivity contribution in [1.29, 1.82) is 0 Å². The van der Waals surface area contributed by atoms with E-state index in [0.717, 1.165) is 44.0 Å². The van der Waals surface area contributed by atoms with Crippen LogP contribution in [0.2, 0.25) is 0 Å². The topological polar surface area (TPSA) is 12.0 Å². The van der Waals surface area contributed by atoms with Gasteiger partial charge in [0.1, 0.15) is 11.6 Å². The van der Waals surface area contributed by atoms with Gasteiger partial charge in [-0.2, -0.15) is 0 Å². The zero-order valence-electron chi connectivity index (χ0n) is 11.1. The van der Waals surface area contributed by atoms with Crippen molar-refractivity contribution in [3.05, 3.63) is 35.4 Å². The summed E-state index contributed by atoms with van der Waals surface area (Å²) < 4.78 is 26.7. The molecule has 2 rings (SSSR count). The van der Waals surface area contributed by atoms with Gasteiger partial charge in [0.15, 0.2) is 0 Å². The van der Waals surface area contributed by atoms with Crippen LogP contribution in [0.15, 0.2) is 18.2 Å². The van der Waals surface area contributed by atoms with Gasteiger partial charge in [-0.3, -0.25) is 0 Å². The van der Waals surface area contributed by atoms with Gasteiger partial charge in [0, 0.05) is 18.0 Å². The van der Waals surface area contributed by atoms with Crippen molar-refractivity contribution in [2.24, 2.45) is 5.92 Å². The van der Waals surface area contributed by atoms with Gasteiger partial charge in [-0.15, -0.1) is 0 Å². The average molecular weight is 253 g/mol. The van der Waals surface area contributed by atoms with Gasteiger partial charge < -0.3 is 5.32 Å². The molecular formula is C15H21F2N. The molecule has 1 aromatic rings. The molecule has 0 bridgehead atoms. The summed E-state index contributed by atoms with van der Waals surface area (Å²) in [6.45, 7) is 6.04. The van der Waals surface area contributed by atoms with E-state index in [9.17, 15) is 8.78 Å². The molecule has 1 aromatic carbocycles. The van der Waals surface area contributed by atoms with Crippen LogP contribution in [0.5, 0.6) is 0 Å². The van der Waals surface area contributed by atoms with Crippen molar-refractivity contribution in [1.82, 2.24) is 5.32 Å². The standard InChI is InChI=1S/C15H21F2N/c1-3-6-18-10-15(5-4-11(15)2)12-7-13(16)9-14(17)8-12/h7-9,11,18H,3-6,10H2,1-2H3. The van der Waals surface area contributed by atoms with E-state index < -0.39 is 11.6 Å². The largest absolute Gasteiger partial charge is 0.316 e. The van der Waals surface area contributed by atoms with Gasteiger partial charge >= 0.3 is 0 Å². The molecule has 0 aliphatic heterocycles. The highest BCUT2D eigenvalue weighted by molar-refractivity contribution is 5.31. The highest BCUT2D eigenvalue weighted by atomic mass is 19.1. The maximum absolute atomic E-state index is 13.4. The molecule has 0 spiro atoms. The molecule has 0 saturated heterocycles. The molecule has 1 saturated carbocycles. The lowest BCUT2D eigenvalue weighted by molar-refractivity contribution is 0.133. The smallest absolute Gasteiger partial charge is 0.126 e. The average Bonchev–Trinajstić information content (AvgIpc) is 2.31. The molecule has 100 valence electrons. The second kappa shape index (κ2) is 5.35. The Balaban J connectivity index is 2.23. The number of hydrogen-bond donors (Lipinski definition) is 1. The summed E-state index contributed by atoms with van der Waals surface area (Å²) in [5.41, 5.74) is 0.723. The number of benzene rings is 1. The lowest BCUT2D eigenvalue weighted by atomic mass is 9.57. The van der Waals surface area contributed by atoms with Crippen LogP contribution in [0.25, 0.3) is 0 Å². The monoisotopic (exact) mass is 253 g/mol. The first-order valence-electron chi connectivity index (χ1n) is 6.76. The fraction of sp³-hybridized carbons (Fsp3) is 0.600. The first kappa shape index (κ1) is 13.5. The zero-order valence-corrected chi connectivity index (χ0v) is 11.1. The zero-order chi connectivity index (χ0) is 13.2. The molecule has 1 fully saturated rings. The minimum Gasteiger partial charge on any atom is -0.316 e. The molecule has 0 heterocycles. The van der Waals surface area contributed by atoms with Gasteiger partial charge in [0.25, 0.3) is 0 Å². The molecule has 0 aromatic heterocycles. The second-order valence-corrected chi connectivity index (χ2v) is 5.43. The van der Waals surface area contributed by atoms with Crippen molar-refractivity contribution < 1.29 is 8.78 Å². The van der Waals surface area contributed by atoms with Crippen LogP contribution < -0.4 is 5.32 Å². The summed E-state index contributed by atoms with van der Waals surface area (Å²) in [6, 6.07) is 3.93. The molecule has 0 radical (unpaired) electrons. The molecule has 1 aliphatic carbocycles.